The molecule has 1 N–H and O–H groups in total. The molecule has 0 aliphatic rings. The van der Waals surface area contributed by atoms with Gasteiger partial charge >= 0.3 is 0 Å². The van der Waals surface area contributed by atoms with Gasteiger partial charge in [0.15, 0.2) is 0 Å². The largest absolute Gasteiger partial charge is 0.487 e. The maximum absolute atomic E-state index is 5.93. The van der Waals surface area contributed by atoms with Gasteiger partial charge in [0.05, 0.1) is 11.4 Å². The zero-order valence-corrected chi connectivity index (χ0v) is 12.6. The van der Waals surface area contributed by atoms with Crippen molar-refractivity contribution in [1.82, 2.24) is 10.3 Å². The molecule has 0 saturated carbocycles. The number of pyridine rings is 1. The molecule has 0 bridgehead atoms. The number of halogens is 1. The number of rotatable bonds is 6. The Bertz CT molecular complexity index is 572. The summed E-state index contributed by atoms with van der Waals surface area (Å²) in [6.07, 6.45) is 0. The van der Waals surface area contributed by atoms with E-state index in [4.69, 9.17) is 16.3 Å². The number of hydrogen-bond acceptors (Lipinski definition) is 3. The zero-order chi connectivity index (χ0) is 14.4. The molecule has 1 aromatic heterocycles. The van der Waals surface area contributed by atoms with Crippen LogP contribution in [-0.4, -0.2) is 11.5 Å². The van der Waals surface area contributed by atoms with Crippen molar-refractivity contribution in [2.24, 2.45) is 0 Å². The lowest BCUT2D eigenvalue weighted by Crippen LogP contribution is -2.13. The van der Waals surface area contributed by atoms with Gasteiger partial charge < -0.3 is 10.1 Å². The van der Waals surface area contributed by atoms with E-state index in [2.05, 4.69) is 17.2 Å². The molecule has 0 saturated heterocycles. The highest BCUT2D eigenvalue weighted by molar-refractivity contribution is 6.30. The standard InChI is InChI=1S/C16H19ClN2O/c1-3-18-10-14-5-4-6-15(19-14)11-20-16-8-7-13(17)9-12(16)2/h4-9,18H,3,10-11H2,1-2H3. The van der Waals surface area contributed by atoms with Gasteiger partial charge in [-0.15, -0.1) is 0 Å². The fourth-order valence-corrected chi connectivity index (χ4v) is 2.11. The van der Waals surface area contributed by atoms with E-state index in [9.17, 15) is 0 Å². The molecule has 0 radical (unpaired) electrons. The molecule has 0 fully saturated rings. The number of nitrogens with zero attached hydrogens (tertiary/aromatic N) is 1. The lowest BCUT2D eigenvalue weighted by molar-refractivity contribution is 0.299. The third kappa shape index (κ3) is 4.22. The van der Waals surface area contributed by atoms with E-state index in [1.165, 1.54) is 0 Å². The highest BCUT2D eigenvalue weighted by Crippen LogP contribution is 2.22. The Morgan fingerprint density at radius 1 is 1.20 bits per heavy atom. The van der Waals surface area contributed by atoms with E-state index in [0.29, 0.717) is 6.61 Å². The molecule has 0 unspecified atom stereocenters. The monoisotopic (exact) mass is 290 g/mol. The van der Waals surface area contributed by atoms with Crippen LogP contribution in [0.5, 0.6) is 5.75 Å². The van der Waals surface area contributed by atoms with Gasteiger partial charge in [-0.1, -0.05) is 24.6 Å². The van der Waals surface area contributed by atoms with Crippen molar-refractivity contribution in [1.29, 1.82) is 0 Å². The molecule has 3 nitrogen and oxygen atoms in total. The van der Waals surface area contributed by atoms with Crippen molar-refractivity contribution in [3.05, 3.63) is 58.4 Å². The smallest absolute Gasteiger partial charge is 0.130 e. The highest BCUT2D eigenvalue weighted by Gasteiger charge is 2.03. The molecule has 0 spiro atoms. The number of aromatic nitrogens is 1. The van der Waals surface area contributed by atoms with Gasteiger partial charge in [-0.25, -0.2) is 0 Å². The second-order valence-corrected chi connectivity index (χ2v) is 5.04. The van der Waals surface area contributed by atoms with Gasteiger partial charge in [0.1, 0.15) is 12.4 Å². The van der Waals surface area contributed by atoms with Crippen LogP contribution in [0.1, 0.15) is 23.9 Å². The molecule has 0 atom stereocenters. The summed E-state index contributed by atoms with van der Waals surface area (Å²) in [6, 6.07) is 11.6. The van der Waals surface area contributed by atoms with Crippen LogP contribution in [0.3, 0.4) is 0 Å². The van der Waals surface area contributed by atoms with Crippen molar-refractivity contribution < 1.29 is 4.74 Å². The van der Waals surface area contributed by atoms with Crippen LogP contribution in [0.15, 0.2) is 36.4 Å². The van der Waals surface area contributed by atoms with E-state index >= 15 is 0 Å². The Labute approximate surface area is 124 Å². The molecule has 2 aromatic rings. The molecular formula is C16H19ClN2O. The quantitative estimate of drug-likeness (QED) is 0.880. The zero-order valence-electron chi connectivity index (χ0n) is 11.8. The van der Waals surface area contributed by atoms with Crippen LogP contribution in [0, 0.1) is 6.92 Å². The van der Waals surface area contributed by atoms with Crippen molar-refractivity contribution >= 4 is 11.6 Å². The SMILES string of the molecule is CCNCc1cccc(COc2ccc(Cl)cc2C)n1. The number of benzene rings is 1. The molecule has 1 aromatic carbocycles. The Hall–Kier alpha value is -1.58. The molecule has 0 aliphatic carbocycles. The molecule has 4 heteroatoms. The molecule has 20 heavy (non-hydrogen) atoms. The van der Waals surface area contributed by atoms with E-state index in [1.54, 1.807) is 0 Å². The Kier molecular flexibility index (Phi) is 5.39. The topological polar surface area (TPSA) is 34.1 Å². The van der Waals surface area contributed by atoms with Crippen LogP contribution < -0.4 is 10.1 Å². The summed E-state index contributed by atoms with van der Waals surface area (Å²) in [6.45, 7) is 6.24. The predicted octanol–water partition coefficient (Wildman–Crippen LogP) is 3.73. The van der Waals surface area contributed by atoms with Gasteiger partial charge in [0.25, 0.3) is 0 Å². The van der Waals surface area contributed by atoms with Crippen LogP contribution >= 0.6 is 11.6 Å². The van der Waals surface area contributed by atoms with Gasteiger partial charge in [-0.05, 0) is 49.4 Å². The summed E-state index contributed by atoms with van der Waals surface area (Å²) in [7, 11) is 0. The number of aryl methyl sites for hydroxylation is 1. The minimum atomic E-state index is 0.461. The third-order valence-corrected chi connectivity index (χ3v) is 3.17. The average molecular weight is 291 g/mol. The molecule has 2 rings (SSSR count). The van der Waals surface area contributed by atoms with Gasteiger partial charge in [-0.3, -0.25) is 4.98 Å². The van der Waals surface area contributed by atoms with E-state index in [-0.39, 0.29) is 0 Å². The second-order valence-electron chi connectivity index (χ2n) is 4.60. The molecule has 1 heterocycles. The number of nitrogens with one attached hydrogen (secondary N) is 1. The first kappa shape index (κ1) is 14.8. The van der Waals surface area contributed by atoms with E-state index in [1.807, 2.05) is 43.3 Å². The Morgan fingerprint density at radius 2 is 2.00 bits per heavy atom. The molecular weight excluding hydrogens is 272 g/mol. The average Bonchev–Trinajstić information content (AvgIpc) is 2.45. The van der Waals surface area contributed by atoms with Crippen LogP contribution in [-0.2, 0) is 13.2 Å². The maximum atomic E-state index is 5.93. The Morgan fingerprint density at radius 3 is 2.75 bits per heavy atom. The fourth-order valence-electron chi connectivity index (χ4n) is 1.89. The van der Waals surface area contributed by atoms with Crippen LogP contribution in [0.4, 0.5) is 0 Å². The highest BCUT2D eigenvalue weighted by atomic mass is 35.5. The fraction of sp³-hybridized carbons (Fsp3) is 0.312. The van der Waals surface area contributed by atoms with Crippen molar-refractivity contribution in [2.45, 2.75) is 27.0 Å². The van der Waals surface area contributed by atoms with Crippen molar-refractivity contribution in [3.8, 4) is 5.75 Å². The summed E-state index contributed by atoms with van der Waals surface area (Å²) in [5.41, 5.74) is 2.98. The first-order chi connectivity index (χ1) is 9.69. The molecule has 106 valence electrons. The molecule has 0 aliphatic heterocycles. The first-order valence-corrected chi connectivity index (χ1v) is 7.11. The number of hydrogen-bond donors (Lipinski definition) is 1. The van der Waals surface area contributed by atoms with Crippen molar-refractivity contribution in [2.75, 3.05) is 6.54 Å². The first-order valence-electron chi connectivity index (χ1n) is 6.73. The van der Waals surface area contributed by atoms with Gasteiger partial charge in [0, 0.05) is 11.6 Å². The summed E-state index contributed by atoms with van der Waals surface area (Å²) >= 11 is 5.93. The third-order valence-electron chi connectivity index (χ3n) is 2.93. The van der Waals surface area contributed by atoms with E-state index in [0.717, 1.165) is 40.8 Å². The number of ether oxygens (including phenoxy) is 1. The van der Waals surface area contributed by atoms with Crippen LogP contribution in [0.25, 0.3) is 0 Å². The van der Waals surface area contributed by atoms with E-state index < -0.39 is 0 Å². The second kappa shape index (κ2) is 7.27. The lowest BCUT2D eigenvalue weighted by atomic mass is 10.2. The van der Waals surface area contributed by atoms with Gasteiger partial charge in [0.2, 0.25) is 0 Å². The summed E-state index contributed by atoms with van der Waals surface area (Å²) in [5, 5.41) is 3.99. The molecule has 0 amide bonds. The van der Waals surface area contributed by atoms with Gasteiger partial charge in [-0.2, -0.15) is 0 Å². The maximum Gasteiger partial charge on any atom is 0.130 e. The minimum Gasteiger partial charge on any atom is -0.487 e. The minimum absolute atomic E-state index is 0.461. The van der Waals surface area contributed by atoms with Crippen molar-refractivity contribution in [3.63, 3.8) is 0 Å². The summed E-state index contributed by atoms with van der Waals surface area (Å²) in [4.78, 5) is 4.56. The predicted molar refractivity (Wildman–Crippen MR) is 82.1 cm³/mol. The summed E-state index contributed by atoms with van der Waals surface area (Å²) < 4.78 is 5.80. The summed E-state index contributed by atoms with van der Waals surface area (Å²) in [5.74, 6) is 0.841. The Balaban J connectivity index is 1.99. The van der Waals surface area contributed by atoms with Crippen LogP contribution in [0.2, 0.25) is 5.02 Å². The normalized spacial score (nSPS) is 10.6. The lowest BCUT2D eigenvalue weighted by Gasteiger charge is -2.10.